The fourth-order valence-electron chi connectivity index (χ4n) is 2.77. The van der Waals surface area contributed by atoms with Gasteiger partial charge >= 0.3 is 0 Å². The molecule has 0 aliphatic carbocycles. The molecule has 1 aromatic carbocycles. The highest BCUT2D eigenvalue weighted by atomic mass is 32.2. The van der Waals surface area contributed by atoms with Crippen molar-refractivity contribution in [2.45, 2.75) is 31.6 Å². The first kappa shape index (κ1) is 18.4. The van der Waals surface area contributed by atoms with Gasteiger partial charge < -0.3 is 5.11 Å². The summed E-state index contributed by atoms with van der Waals surface area (Å²) in [5, 5.41) is 8.95. The summed E-state index contributed by atoms with van der Waals surface area (Å²) in [5.74, 6) is 0.647. The second kappa shape index (κ2) is 8.24. The third-order valence-electron chi connectivity index (χ3n) is 4.32. The zero-order valence-electron chi connectivity index (χ0n) is 14.1. The van der Waals surface area contributed by atoms with Gasteiger partial charge in [-0.05, 0) is 36.5 Å². The van der Waals surface area contributed by atoms with Crippen LogP contribution in [0.5, 0.6) is 0 Å². The fraction of sp³-hybridized carbons (Fsp3) is 0.647. The van der Waals surface area contributed by atoms with Crippen LogP contribution in [-0.2, 0) is 16.4 Å². The molecule has 2 rings (SSSR count). The van der Waals surface area contributed by atoms with Crippen molar-refractivity contribution < 1.29 is 13.5 Å². The Morgan fingerprint density at radius 2 is 1.70 bits per heavy atom. The Kier molecular flexibility index (Phi) is 6.59. The van der Waals surface area contributed by atoms with Gasteiger partial charge in [-0.15, -0.1) is 0 Å². The van der Waals surface area contributed by atoms with Crippen molar-refractivity contribution in [2.75, 3.05) is 39.3 Å². The lowest BCUT2D eigenvalue weighted by Gasteiger charge is -2.33. The van der Waals surface area contributed by atoms with Crippen LogP contribution in [0.25, 0.3) is 0 Å². The normalized spacial score (nSPS) is 17.7. The van der Waals surface area contributed by atoms with E-state index in [0.717, 1.165) is 12.8 Å². The number of rotatable bonds is 7. The summed E-state index contributed by atoms with van der Waals surface area (Å²) >= 11 is 0. The first-order chi connectivity index (χ1) is 10.9. The number of aliphatic hydroxyl groups is 1. The molecule has 1 aromatic rings. The lowest BCUT2D eigenvalue weighted by Crippen LogP contribution is -2.49. The van der Waals surface area contributed by atoms with Crippen LogP contribution in [-0.4, -0.2) is 62.1 Å². The number of β-amino-alcohol motifs (C(OH)–C–C–N with tert-alkyl or cyclic N) is 1. The van der Waals surface area contributed by atoms with Crippen molar-refractivity contribution in [1.82, 2.24) is 9.21 Å². The number of benzene rings is 1. The third kappa shape index (κ3) is 5.01. The van der Waals surface area contributed by atoms with Crippen molar-refractivity contribution in [2.24, 2.45) is 5.92 Å². The Labute approximate surface area is 140 Å². The number of aliphatic hydroxyl groups excluding tert-OH is 1. The summed E-state index contributed by atoms with van der Waals surface area (Å²) in [4.78, 5) is 2.46. The Hall–Kier alpha value is -0.950. The molecule has 0 radical (unpaired) electrons. The molecule has 0 unspecified atom stereocenters. The second-order valence-electron chi connectivity index (χ2n) is 6.55. The predicted octanol–water partition coefficient (Wildman–Crippen LogP) is 1.57. The average Bonchev–Trinajstić information content (AvgIpc) is 2.54. The van der Waals surface area contributed by atoms with E-state index in [0.29, 0.717) is 43.5 Å². The minimum atomic E-state index is -3.40. The SMILES string of the molecule is CC(C)CCc1ccc(S(=O)(=O)N2CCN(CCO)CC2)cc1. The van der Waals surface area contributed by atoms with Gasteiger partial charge in [-0.2, -0.15) is 4.31 Å². The average molecular weight is 340 g/mol. The van der Waals surface area contributed by atoms with Crippen LogP contribution in [0.1, 0.15) is 25.8 Å². The molecule has 5 nitrogen and oxygen atoms in total. The molecule has 1 saturated heterocycles. The molecule has 130 valence electrons. The summed E-state index contributed by atoms with van der Waals surface area (Å²) in [6.07, 6.45) is 2.09. The van der Waals surface area contributed by atoms with Gasteiger partial charge in [0.15, 0.2) is 0 Å². The van der Waals surface area contributed by atoms with Crippen LogP contribution in [0.3, 0.4) is 0 Å². The molecule has 0 amide bonds. The number of hydrogen-bond donors (Lipinski definition) is 1. The smallest absolute Gasteiger partial charge is 0.243 e. The molecule has 1 N–H and O–H groups in total. The van der Waals surface area contributed by atoms with E-state index < -0.39 is 10.0 Å². The highest BCUT2D eigenvalue weighted by molar-refractivity contribution is 7.89. The number of hydrogen-bond acceptors (Lipinski definition) is 4. The molecule has 0 bridgehead atoms. The molecule has 6 heteroatoms. The fourth-order valence-corrected chi connectivity index (χ4v) is 4.19. The molecule has 23 heavy (non-hydrogen) atoms. The summed E-state index contributed by atoms with van der Waals surface area (Å²) < 4.78 is 26.9. The zero-order chi connectivity index (χ0) is 16.9. The summed E-state index contributed by atoms with van der Waals surface area (Å²) in [6, 6.07) is 7.31. The molecule has 0 saturated carbocycles. The molecule has 0 aromatic heterocycles. The molecular formula is C17H28N2O3S. The molecule has 0 spiro atoms. The molecule has 1 aliphatic heterocycles. The van der Waals surface area contributed by atoms with Crippen molar-refractivity contribution in [1.29, 1.82) is 0 Å². The maximum Gasteiger partial charge on any atom is 0.243 e. The Bertz CT molecular complexity index is 576. The van der Waals surface area contributed by atoms with Crippen LogP contribution in [0.2, 0.25) is 0 Å². The second-order valence-corrected chi connectivity index (χ2v) is 8.48. The van der Waals surface area contributed by atoms with E-state index in [4.69, 9.17) is 5.11 Å². The molecule has 1 heterocycles. The molecular weight excluding hydrogens is 312 g/mol. The Morgan fingerprint density at radius 1 is 1.09 bits per heavy atom. The minimum absolute atomic E-state index is 0.116. The van der Waals surface area contributed by atoms with Gasteiger partial charge in [0.2, 0.25) is 10.0 Å². The van der Waals surface area contributed by atoms with E-state index in [1.54, 1.807) is 16.4 Å². The van der Waals surface area contributed by atoms with Crippen molar-refractivity contribution in [3.63, 3.8) is 0 Å². The van der Waals surface area contributed by atoms with Gasteiger partial charge in [-0.25, -0.2) is 8.42 Å². The topological polar surface area (TPSA) is 60.9 Å². The minimum Gasteiger partial charge on any atom is -0.395 e. The van der Waals surface area contributed by atoms with E-state index in [-0.39, 0.29) is 6.61 Å². The van der Waals surface area contributed by atoms with Crippen LogP contribution in [0.4, 0.5) is 0 Å². The van der Waals surface area contributed by atoms with Crippen LogP contribution in [0.15, 0.2) is 29.2 Å². The van der Waals surface area contributed by atoms with E-state index in [1.807, 2.05) is 12.1 Å². The summed E-state index contributed by atoms with van der Waals surface area (Å²) in [6.45, 7) is 7.42. The standard InChI is InChI=1S/C17H28N2O3S/c1-15(2)3-4-16-5-7-17(8-6-16)23(21,22)19-11-9-18(10-12-19)13-14-20/h5-8,15,20H,3-4,9-14H2,1-2H3. The maximum atomic E-state index is 12.7. The van der Waals surface area contributed by atoms with Gasteiger partial charge in [-0.1, -0.05) is 26.0 Å². The summed E-state index contributed by atoms with van der Waals surface area (Å²) in [5.41, 5.74) is 1.19. The van der Waals surface area contributed by atoms with Crippen LogP contribution in [0, 0.1) is 5.92 Å². The highest BCUT2D eigenvalue weighted by Gasteiger charge is 2.28. The lowest BCUT2D eigenvalue weighted by molar-refractivity contribution is 0.151. The summed E-state index contributed by atoms with van der Waals surface area (Å²) in [7, 11) is -3.40. The van der Waals surface area contributed by atoms with E-state index in [2.05, 4.69) is 18.7 Å². The van der Waals surface area contributed by atoms with Gasteiger partial charge in [-0.3, -0.25) is 4.90 Å². The molecule has 1 fully saturated rings. The first-order valence-corrected chi connectivity index (χ1v) is 9.80. The Morgan fingerprint density at radius 3 is 2.22 bits per heavy atom. The van der Waals surface area contributed by atoms with Crippen molar-refractivity contribution in [3.8, 4) is 0 Å². The lowest BCUT2D eigenvalue weighted by atomic mass is 10.0. The van der Waals surface area contributed by atoms with Gasteiger partial charge in [0.1, 0.15) is 0 Å². The number of sulfonamides is 1. The van der Waals surface area contributed by atoms with E-state index in [9.17, 15) is 8.42 Å². The maximum absolute atomic E-state index is 12.7. The monoisotopic (exact) mass is 340 g/mol. The largest absolute Gasteiger partial charge is 0.395 e. The molecule has 0 atom stereocenters. The highest BCUT2D eigenvalue weighted by Crippen LogP contribution is 2.19. The Balaban J connectivity index is 1.99. The van der Waals surface area contributed by atoms with Crippen molar-refractivity contribution in [3.05, 3.63) is 29.8 Å². The van der Waals surface area contributed by atoms with E-state index >= 15 is 0 Å². The van der Waals surface area contributed by atoms with E-state index in [1.165, 1.54) is 5.56 Å². The van der Waals surface area contributed by atoms with Crippen LogP contribution >= 0.6 is 0 Å². The third-order valence-corrected chi connectivity index (χ3v) is 6.23. The van der Waals surface area contributed by atoms with Crippen molar-refractivity contribution >= 4 is 10.0 Å². The quantitative estimate of drug-likeness (QED) is 0.818. The zero-order valence-corrected chi connectivity index (χ0v) is 14.9. The van der Waals surface area contributed by atoms with Crippen LogP contribution < -0.4 is 0 Å². The number of piperazine rings is 1. The first-order valence-electron chi connectivity index (χ1n) is 8.36. The number of nitrogens with zero attached hydrogens (tertiary/aromatic N) is 2. The predicted molar refractivity (Wildman–Crippen MR) is 91.9 cm³/mol. The number of aryl methyl sites for hydroxylation is 1. The van der Waals surface area contributed by atoms with Gasteiger partial charge in [0.05, 0.1) is 11.5 Å². The van der Waals surface area contributed by atoms with Gasteiger partial charge in [0, 0.05) is 32.7 Å². The molecule has 1 aliphatic rings. The van der Waals surface area contributed by atoms with Gasteiger partial charge in [0.25, 0.3) is 0 Å².